The third kappa shape index (κ3) is 5.86. The fourth-order valence-electron chi connectivity index (χ4n) is 3.62. The first-order valence-electron chi connectivity index (χ1n) is 10.4. The van der Waals surface area contributed by atoms with E-state index in [9.17, 15) is 4.79 Å². The average Bonchev–Trinajstić information content (AvgIpc) is 3.36. The van der Waals surface area contributed by atoms with Gasteiger partial charge in [-0.15, -0.1) is 0 Å². The van der Waals surface area contributed by atoms with Crippen molar-refractivity contribution in [1.29, 1.82) is 0 Å². The van der Waals surface area contributed by atoms with E-state index in [1.807, 2.05) is 19.1 Å². The van der Waals surface area contributed by atoms with Crippen LogP contribution in [0.5, 0.6) is 5.75 Å². The van der Waals surface area contributed by atoms with Crippen LogP contribution in [0.3, 0.4) is 0 Å². The molecule has 1 aromatic rings. The molecule has 1 aromatic carbocycles. The van der Waals surface area contributed by atoms with Crippen molar-refractivity contribution in [2.24, 2.45) is 4.99 Å². The average molecular weight is 388 g/mol. The lowest BCUT2D eigenvalue weighted by Crippen LogP contribution is -2.43. The SMILES string of the molecule is CCNC(=NCC(=O)NC1CC1)NCC(c1ccccc1OC)N1CCCC1. The smallest absolute Gasteiger partial charge is 0.242 e. The van der Waals surface area contributed by atoms with Crippen molar-refractivity contribution in [1.82, 2.24) is 20.9 Å². The summed E-state index contributed by atoms with van der Waals surface area (Å²) in [6.07, 6.45) is 4.62. The Morgan fingerprint density at radius 2 is 2.00 bits per heavy atom. The van der Waals surface area contributed by atoms with E-state index in [1.54, 1.807) is 7.11 Å². The summed E-state index contributed by atoms with van der Waals surface area (Å²) >= 11 is 0. The predicted octanol–water partition coefficient (Wildman–Crippen LogP) is 1.67. The van der Waals surface area contributed by atoms with Crippen LogP contribution in [0, 0.1) is 0 Å². The minimum atomic E-state index is -0.0134. The zero-order valence-electron chi connectivity index (χ0n) is 17.0. The molecule has 28 heavy (non-hydrogen) atoms. The Labute approximate surface area is 167 Å². The van der Waals surface area contributed by atoms with E-state index in [2.05, 4.69) is 38.0 Å². The van der Waals surface area contributed by atoms with Crippen LogP contribution in [-0.4, -0.2) is 62.6 Å². The number of amides is 1. The standard InChI is InChI=1S/C21H33N5O2/c1-3-22-21(24-15-20(27)25-16-10-11-16)23-14-18(26-12-6-7-13-26)17-8-4-5-9-19(17)28-2/h4-5,8-9,16,18H,3,6-7,10-15H2,1-2H3,(H,25,27)(H2,22,23,24). The van der Waals surface area contributed by atoms with Crippen LogP contribution in [0.15, 0.2) is 29.3 Å². The van der Waals surface area contributed by atoms with E-state index in [-0.39, 0.29) is 18.5 Å². The summed E-state index contributed by atoms with van der Waals surface area (Å²) in [5.74, 6) is 1.57. The molecule has 1 saturated carbocycles. The van der Waals surface area contributed by atoms with E-state index < -0.39 is 0 Å². The molecule has 1 aliphatic heterocycles. The Hall–Kier alpha value is -2.28. The van der Waals surface area contributed by atoms with Gasteiger partial charge in [-0.1, -0.05) is 18.2 Å². The van der Waals surface area contributed by atoms with E-state index in [1.165, 1.54) is 18.4 Å². The van der Waals surface area contributed by atoms with Crippen molar-refractivity contribution < 1.29 is 9.53 Å². The fraction of sp³-hybridized carbons (Fsp3) is 0.619. The molecule has 7 nitrogen and oxygen atoms in total. The Morgan fingerprint density at radius 1 is 1.25 bits per heavy atom. The lowest BCUT2D eigenvalue weighted by atomic mass is 10.0. The Kier molecular flexibility index (Phi) is 7.54. The summed E-state index contributed by atoms with van der Waals surface area (Å²) in [6, 6.07) is 8.77. The highest BCUT2D eigenvalue weighted by Gasteiger charge is 2.26. The van der Waals surface area contributed by atoms with Crippen LogP contribution in [0.2, 0.25) is 0 Å². The molecule has 3 N–H and O–H groups in total. The molecule has 7 heteroatoms. The summed E-state index contributed by atoms with van der Waals surface area (Å²) in [7, 11) is 1.72. The molecule has 0 bridgehead atoms. The summed E-state index contributed by atoms with van der Waals surface area (Å²) in [6.45, 7) is 5.80. The molecule has 2 fully saturated rings. The van der Waals surface area contributed by atoms with E-state index in [0.717, 1.165) is 38.2 Å². The lowest BCUT2D eigenvalue weighted by Gasteiger charge is -2.30. The highest BCUT2D eigenvalue weighted by atomic mass is 16.5. The number of likely N-dealkylation sites (tertiary alicyclic amines) is 1. The summed E-state index contributed by atoms with van der Waals surface area (Å²) in [4.78, 5) is 18.9. The van der Waals surface area contributed by atoms with Crippen LogP contribution >= 0.6 is 0 Å². The molecule has 1 amide bonds. The number of benzene rings is 1. The van der Waals surface area contributed by atoms with Gasteiger partial charge in [-0.05, 0) is 51.8 Å². The molecule has 1 heterocycles. The molecule has 1 aliphatic carbocycles. The Morgan fingerprint density at radius 3 is 2.68 bits per heavy atom. The molecule has 1 unspecified atom stereocenters. The number of guanidine groups is 1. The molecular weight excluding hydrogens is 354 g/mol. The van der Waals surface area contributed by atoms with Crippen LogP contribution in [0.4, 0.5) is 0 Å². The Balaban J connectivity index is 1.66. The number of methoxy groups -OCH3 is 1. The number of para-hydroxylation sites is 1. The van der Waals surface area contributed by atoms with Crippen molar-refractivity contribution in [2.75, 3.05) is 39.8 Å². The summed E-state index contributed by atoms with van der Waals surface area (Å²) in [5, 5.41) is 9.65. The van der Waals surface area contributed by atoms with Crippen molar-refractivity contribution in [3.05, 3.63) is 29.8 Å². The van der Waals surface area contributed by atoms with E-state index in [4.69, 9.17) is 4.74 Å². The van der Waals surface area contributed by atoms with Crippen molar-refractivity contribution in [3.63, 3.8) is 0 Å². The Bertz CT molecular complexity index is 669. The fourth-order valence-corrected chi connectivity index (χ4v) is 3.62. The van der Waals surface area contributed by atoms with Crippen molar-refractivity contribution >= 4 is 11.9 Å². The zero-order valence-corrected chi connectivity index (χ0v) is 17.0. The predicted molar refractivity (Wildman–Crippen MR) is 112 cm³/mol. The number of aliphatic imine (C=N–C) groups is 1. The van der Waals surface area contributed by atoms with E-state index >= 15 is 0 Å². The first-order chi connectivity index (χ1) is 13.7. The van der Waals surface area contributed by atoms with Crippen LogP contribution in [0.25, 0.3) is 0 Å². The van der Waals surface area contributed by atoms with Gasteiger partial charge in [0.1, 0.15) is 12.3 Å². The van der Waals surface area contributed by atoms with Crippen LogP contribution in [0.1, 0.15) is 44.2 Å². The molecule has 1 saturated heterocycles. The number of rotatable bonds is 9. The second kappa shape index (κ2) is 10.3. The van der Waals surface area contributed by atoms with Gasteiger partial charge in [-0.2, -0.15) is 0 Å². The number of nitrogens with one attached hydrogen (secondary N) is 3. The number of carbonyl (C=O) groups excluding carboxylic acids is 1. The second-order valence-corrected chi connectivity index (χ2v) is 7.42. The second-order valence-electron chi connectivity index (χ2n) is 7.42. The molecular formula is C21H33N5O2. The zero-order chi connectivity index (χ0) is 19.8. The van der Waals surface area contributed by atoms with Crippen LogP contribution < -0.4 is 20.7 Å². The third-order valence-electron chi connectivity index (χ3n) is 5.21. The number of nitrogens with zero attached hydrogens (tertiary/aromatic N) is 2. The van der Waals surface area contributed by atoms with Gasteiger partial charge >= 0.3 is 0 Å². The van der Waals surface area contributed by atoms with Gasteiger partial charge in [0.15, 0.2) is 5.96 Å². The third-order valence-corrected chi connectivity index (χ3v) is 5.21. The number of hydrogen-bond donors (Lipinski definition) is 3. The van der Waals surface area contributed by atoms with Gasteiger partial charge in [-0.25, -0.2) is 4.99 Å². The quantitative estimate of drug-likeness (QED) is 0.444. The largest absolute Gasteiger partial charge is 0.496 e. The maximum Gasteiger partial charge on any atom is 0.242 e. The maximum absolute atomic E-state index is 12.0. The number of hydrogen-bond acceptors (Lipinski definition) is 4. The number of carbonyl (C=O) groups is 1. The molecule has 0 aromatic heterocycles. The highest BCUT2D eigenvalue weighted by molar-refractivity contribution is 5.85. The lowest BCUT2D eigenvalue weighted by molar-refractivity contribution is -0.119. The number of ether oxygens (including phenoxy) is 1. The van der Waals surface area contributed by atoms with Gasteiger partial charge in [0.05, 0.1) is 13.2 Å². The van der Waals surface area contributed by atoms with Crippen molar-refractivity contribution in [2.45, 2.75) is 44.7 Å². The van der Waals surface area contributed by atoms with Gasteiger partial charge in [0.25, 0.3) is 0 Å². The molecule has 0 spiro atoms. The van der Waals surface area contributed by atoms with Crippen molar-refractivity contribution in [3.8, 4) is 5.75 Å². The van der Waals surface area contributed by atoms with Gasteiger partial charge in [-0.3, -0.25) is 9.69 Å². The monoisotopic (exact) mass is 387 g/mol. The first-order valence-corrected chi connectivity index (χ1v) is 10.4. The first kappa shape index (κ1) is 20.5. The highest BCUT2D eigenvalue weighted by Crippen LogP contribution is 2.31. The molecule has 0 radical (unpaired) electrons. The summed E-state index contributed by atoms with van der Waals surface area (Å²) in [5.41, 5.74) is 1.18. The minimum Gasteiger partial charge on any atom is -0.496 e. The topological polar surface area (TPSA) is 78.0 Å². The van der Waals surface area contributed by atoms with Crippen LogP contribution in [-0.2, 0) is 4.79 Å². The van der Waals surface area contributed by atoms with Gasteiger partial charge < -0.3 is 20.7 Å². The maximum atomic E-state index is 12.0. The van der Waals surface area contributed by atoms with E-state index in [0.29, 0.717) is 18.5 Å². The van der Waals surface area contributed by atoms with Gasteiger partial charge in [0.2, 0.25) is 5.91 Å². The molecule has 154 valence electrons. The minimum absolute atomic E-state index is 0.0134. The molecule has 1 atom stereocenters. The summed E-state index contributed by atoms with van der Waals surface area (Å²) < 4.78 is 5.61. The van der Waals surface area contributed by atoms with Gasteiger partial charge in [0, 0.05) is 24.7 Å². The molecule has 3 rings (SSSR count). The normalized spacial score (nSPS) is 18.6. The molecule has 2 aliphatic rings.